The van der Waals surface area contributed by atoms with Gasteiger partial charge in [-0.05, 0) is 91.0 Å². The molecule has 2 N–H and O–H groups in total. The Morgan fingerprint density at radius 2 is 2.02 bits per heavy atom. The number of cyclic esters (lactones) is 1. The lowest BCUT2D eigenvalue weighted by Crippen LogP contribution is -2.63. The predicted octanol–water partition coefficient (Wildman–Crippen LogP) is 6.79. The number of rotatable bonds is 9. The number of nitrogens with one attached hydrogen (secondary N) is 2. The first-order chi connectivity index (χ1) is 26.6. The predicted molar refractivity (Wildman–Crippen MR) is 223 cm³/mol. The van der Waals surface area contributed by atoms with Gasteiger partial charge in [0.25, 0.3) is 5.91 Å². The molecule has 3 aliphatic rings. The van der Waals surface area contributed by atoms with Gasteiger partial charge in [-0.15, -0.1) is 11.8 Å². The van der Waals surface area contributed by atoms with Crippen LogP contribution >= 0.6 is 11.8 Å². The van der Waals surface area contributed by atoms with Crippen molar-refractivity contribution in [1.29, 1.82) is 0 Å². The minimum atomic E-state index is -1.19. The average molecular weight is 793 g/mol. The molecule has 4 heterocycles. The van der Waals surface area contributed by atoms with Crippen molar-refractivity contribution >= 4 is 57.5 Å². The number of nitrogens with zero attached hydrogens (tertiary/aromatic N) is 4. The molecule has 1 aromatic heterocycles. The topological polar surface area (TPSA) is 145 Å². The molecule has 0 saturated carbocycles. The van der Waals surface area contributed by atoms with E-state index in [0.717, 1.165) is 39.0 Å². The van der Waals surface area contributed by atoms with E-state index in [1.807, 2.05) is 26.8 Å². The van der Waals surface area contributed by atoms with E-state index in [4.69, 9.17) is 28.9 Å². The van der Waals surface area contributed by atoms with Crippen molar-refractivity contribution in [3.8, 4) is 0 Å². The van der Waals surface area contributed by atoms with E-state index < -0.39 is 47.2 Å². The van der Waals surface area contributed by atoms with Crippen molar-refractivity contribution in [2.45, 2.75) is 124 Å². The number of carbonyl (C=O) groups excluding carboxylic acids is 3. The Bertz CT molecular complexity index is 1890. The number of thioether (sulfide) groups is 1. The number of aromatic nitrogens is 1. The molecule has 5 atom stereocenters. The monoisotopic (exact) mass is 792 g/mol. The number of alkyl carbamates (subject to hydrolysis) is 1. The van der Waals surface area contributed by atoms with Crippen LogP contribution in [0.1, 0.15) is 98.0 Å². The smallest absolute Gasteiger partial charge is 0.408 e. The number of allylic oxidation sites excluding steroid dienone is 2. The number of methoxy groups -OCH3 is 1. The quantitative estimate of drug-likeness (QED) is 0.159. The normalized spacial score (nSPS) is 24.3. The molecule has 13 nitrogen and oxygen atoms in total. The highest BCUT2D eigenvalue weighted by Gasteiger charge is 2.42. The molecule has 0 radical (unpaired) electrons. The summed E-state index contributed by atoms with van der Waals surface area (Å²) in [6, 6.07) is 4.27. The van der Waals surface area contributed by atoms with Crippen molar-refractivity contribution < 1.29 is 33.3 Å². The SMILES string of the molecule is C=C/C(=C(\N=C/C)[C@H](C)OC)c1c2c3cc(ccc3n1CC)C1CSC(=N1)[C@@H](OCC)[C@H](NC(=O)OC(C)(C)C)C(=O)N1CCC[C@H](N1)C(=O)OCC(C)(C)C2. The zero-order chi connectivity index (χ0) is 40.9. The van der Waals surface area contributed by atoms with E-state index in [2.05, 4.69) is 60.9 Å². The Morgan fingerprint density at radius 1 is 1.27 bits per heavy atom. The molecule has 14 heteroatoms. The van der Waals surface area contributed by atoms with E-state index in [9.17, 15) is 14.4 Å². The van der Waals surface area contributed by atoms with Gasteiger partial charge in [0, 0.05) is 60.7 Å². The zero-order valence-corrected chi connectivity index (χ0v) is 35.5. The summed E-state index contributed by atoms with van der Waals surface area (Å²) >= 11 is 1.51. The number of aliphatic imine (C=N–C) groups is 2. The summed E-state index contributed by atoms with van der Waals surface area (Å²) < 4.78 is 26.0. The molecular formula is C42H60N6O7S. The van der Waals surface area contributed by atoms with Crippen LogP contribution in [0.2, 0.25) is 0 Å². The highest BCUT2D eigenvalue weighted by Crippen LogP contribution is 2.41. The Kier molecular flexibility index (Phi) is 13.9. The van der Waals surface area contributed by atoms with Crippen LogP contribution in [-0.4, -0.2) is 101 Å². The Labute approximate surface area is 335 Å². The number of fused-ring (bicyclic) bond motifs is 5. The molecule has 1 unspecified atom stereocenters. The van der Waals surface area contributed by atoms with E-state index in [1.54, 1.807) is 34.1 Å². The number of benzene rings is 1. The van der Waals surface area contributed by atoms with Gasteiger partial charge >= 0.3 is 12.1 Å². The minimum absolute atomic E-state index is 0.139. The molecule has 2 aromatic rings. The van der Waals surface area contributed by atoms with Crippen LogP contribution in [0.5, 0.6) is 0 Å². The van der Waals surface area contributed by atoms with E-state index in [0.29, 0.717) is 43.1 Å². The molecule has 0 spiro atoms. The summed E-state index contributed by atoms with van der Waals surface area (Å²) in [4.78, 5) is 51.4. The van der Waals surface area contributed by atoms with Crippen LogP contribution in [0, 0.1) is 5.41 Å². The number of amides is 2. The average Bonchev–Trinajstić information content (AvgIpc) is 3.76. The summed E-state index contributed by atoms with van der Waals surface area (Å²) in [5.41, 5.74) is 7.59. The molecule has 6 bridgehead atoms. The molecule has 0 aliphatic carbocycles. The second-order valence-electron chi connectivity index (χ2n) is 16.2. The fourth-order valence-electron chi connectivity index (χ4n) is 7.52. The molecule has 1 fully saturated rings. The highest BCUT2D eigenvalue weighted by molar-refractivity contribution is 8.14. The maximum atomic E-state index is 14.4. The Hall–Kier alpha value is -3.98. The maximum absolute atomic E-state index is 14.4. The van der Waals surface area contributed by atoms with Crippen LogP contribution in [0.15, 0.2) is 46.5 Å². The summed E-state index contributed by atoms with van der Waals surface area (Å²) in [6.45, 7) is 23.0. The first-order valence-corrected chi connectivity index (χ1v) is 20.6. The molecule has 306 valence electrons. The van der Waals surface area contributed by atoms with Gasteiger partial charge in [-0.3, -0.25) is 24.6 Å². The number of esters is 1. The van der Waals surface area contributed by atoms with Gasteiger partial charge in [0.2, 0.25) is 0 Å². The summed E-state index contributed by atoms with van der Waals surface area (Å²) in [5, 5.41) is 5.86. The Morgan fingerprint density at radius 3 is 2.66 bits per heavy atom. The van der Waals surface area contributed by atoms with Crippen molar-refractivity contribution in [1.82, 2.24) is 20.3 Å². The molecule has 1 aromatic carbocycles. The van der Waals surface area contributed by atoms with E-state index >= 15 is 0 Å². The minimum Gasteiger partial charge on any atom is -0.464 e. The van der Waals surface area contributed by atoms with Crippen molar-refractivity contribution in [3.63, 3.8) is 0 Å². The third-order valence-corrected chi connectivity index (χ3v) is 11.3. The Balaban J connectivity index is 1.73. The van der Waals surface area contributed by atoms with Gasteiger partial charge in [0.15, 0.2) is 0 Å². The molecule has 2 amide bonds. The lowest BCUT2D eigenvalue weighted by Gasteiger charge is -2.37. The van der Waals surface area contributed by atoms with E-state index in [1.165, 1.54) is 16.8 Å². The first kappa shape index (κ1) is 43.1. The summed E-state index contributed by atoms with van der Waals surface area (Å²) in [5.74, 6) is -0.294. The third-order valence-electron chi connectivity index (χ3n) is 10.1. The van der Waals surface area contributed by atoms with E-state index in [-0.39, 0.29) is 25.4 Å². The number of hydrogen-bond donors (Lipinski definition) is 2. The summed E-state index contributed by atoms with van der Waals surface area (Å²) in [7, 11) is 1.67. The second kappa shape index (κ2) is 18.1. The lowest BCUT2D eigenvalue weighted by atomic mass is 9.84. The maximum Gasteiger partial charge on any atom is 0.408 e. The van der Waals surface area contributed by atoms with Crippen molar-refractivity contribution in [2.75, 3.05) is 32.6 Å². The largest absolute Gasteiger partial charge is 0.464 e. The summed E-state index contributed by atoms with van der Waals surface area (Å²) in [6.07, 6.45) is 3.27. The number of carbonyl (C=O) groups is 3. The van der Waals surface area contributed by atoms with Crippen LogP contribution in [0.25, 0.3) is 16.5 Å². The van der Waals surface area contributed by atoms with Gasteiger partial charge in [0.1, 0.15) is 28.8 Å². The van der Waals surface area contributed by atoms with Crippen LogP contribution in [-0.2, 0) is 41.5 Å². The number of hydrazine groups is 1. The zero-order valence-electron chi connectivity index (χ0n) is 34.7. The van der Waals surface area contributed by atoms with Crippen LogP contribution in [0.4, 0.5) is 4.79 Å². The van der Waals surface area contributed by atoms with Gasteiger partial charge in [-0.1, -0.05) is 32.6 Å². The van der Waals surface area contributed by atoms with Gasteiger partial charge in [-0.25, -0.2) is 10.2 Å². The van der Waals surface area contributed by atoms with Crippen LogP contribution in [0.3, 0.4) is 0 Å². The lowest BCUT2D eigenvalue weighted by molar-refractivity contribution is -0.155. The molecule has 1 saturated heterocycles. The molecule has 3 aliphatic heterocycles. The highest BCUT2D eigenvalue weighted by atomic mass is 32.2. The molecular weight excluding hydrogens is 733 g/mol. The first-order valence-electron chi connectivity index (χ1n) is 19.7. The third kappa shape index (κ3) is 9.58. The number of aryl methyl sites for hydroxylation is 1. The van der Waals surface area contributed by atoms with Crippen LogP contribution < -0.4 is 10.7 Å². The standard InChI is InChI=1S/C42H60N6O7S/c1-12-27(33(43-13-2)25(5)52-11)35-29-22-42(9,10)24-54-39(50)30-17-16-20-48(46-30)38(49)34(45-40(51)55-41(6,7)8)36(53-15-4)37-44-31(23-56-37)26-18-19-32(28(29)21-26)47(35)14-3/h12-13,18-19,21,25,30-31,34,36,46H,1,14-17,20,22-24H2,2-11H3,(H,45,51)/b33-27+,43-13-/t25-,30-,31?,34-,36-/m0/s1. The number of hydrogen-bond acceptors (Lipinski definition) is 11. The molecule has 5 rings (SSSR count). The van der Waals surface area contributed by atoms with Gasteiger partial charge in [0.05, 0.1) is 30.1 Å². The fourth-order valence-corrected chi connectivity index (χ4v) is 8.69. The molecule has 56 heavy (non-hydrogen) atoms. The van der Waals surface area contributed by atoms with Crippen molar-refractivity contribution in [3.05, 3.63) is 53.4 Å². The van der Waals surface area contributed by atoms with Gasteiger partial charge in [-0.2, -0.15) is 0 Å². The second-order valence-corrected chi connectivity index (χ2v) is 17.2. The fraction of sp³-hybridized carbons (Fsp3) is 0.595. The van der Waals surface area contributed by atoms with Gasteiger partial charge < -0.3 is 28.8 Å². The number of ether oxygens (including phenoxy) is 4. The van der Waals surface area contributed by atoms with Crippen molar-refractivity contribution in [2.24, 2.45) is 15.4 Å².